The zero-order valence-electron chi connectivity index (χ0n) is 20.3. The molecule has 0 N–H and O–H groups in total. The van der Waals surface area contributed by atoms with E-state index in [4.69, 9.17) is 14.2 Å². The predicted molar refractivity (Wildman–Crippen MR) is 133 cm³/mol. The van der Waals surface area contributed by atoms with Crippen LogP contribution in [-0.4, -0.2) is 20.3 Å². The summed E-state index contributed by atoms with van der Waals surface area (Å²) < 4.78 is 17.5. The largest absolute Gasteiger partial charge is 0.497 e. The molecule has 0 aliphatic carbocycles. The third-order valence-electron chi connectivity index (χ3n) is 5.23. The van der Waals surface area contributed by atoms with Gasteiger partial charge in [-0.2, -0.15) is 0 Å². The Balaban J connectivity index is 2.46. The molecule has 0 aliphatic heterocycles. The standard InChI is InChI=1S/C28H44O3/c1-6-7-8-9-10-11-12-13-22-30-28(26-17-19-27(29-5)20-18-26)31-23-21-25(4)16-14-15-24(2)3/h6,15,17-21,28H,1,7-14,16,22-23H2,2-5H3. The molecule has 1 unspecified atom stereocenters. The molecular formula is C28H44O3. The molecule has 31 heavy (non-hydrogen) atoms. The number of methoxy groups -OCH3 is 1. The number of rotatable bonds is 18. The zero-order chi connectivity index (χ0) is 22.7. The molecular weight excluding hydrogens is 384 g/mol. The van der Waals surface area contributed by atoms with E-state index in [1.54, 1.807) is 7.11 Å². The first-order valence-electron chi connectivity index (χ1n) is 11.8. The summed E-state index contributed by atoms with van der Waals surface area (Å²) in [5.41, 5.74) is 3.75. The molecule has 0 radical (unpaired) electrons. The van der Waals surface area contributed by atoms with Gasteiger partial charge in [-0.15, -0.1) is 6.58 Å². The van der Waals surface area contributed by atoms with E-state index >= 15 is 0 Å². The van der Waals surface area contributed by atoms with Gasteiger partial charge in [-0.25, -0.2) is 0 Å². The van der Waals surface area contributed by atoms with Crippen molar-refractivity contribution < 1.29 is 14.2 Å². The van der Waals surface area contributed by atoms with Gasteiger partial charge < -0.3 is 14.2 Å². The predicted octanol–water partition coefficient (Wildman–Crippen LogP) is 8.34. The number of hydrogen-bond donors (Lipinski definition) is 0. The molecule has 1 rings (SSSR count). The smallest absolute Gasteiger partial charge is 0.184 e. The Bertz CT molecular complexity index is 639. The van der Waals surface area contributed by atoms with E-state index in [1.807, 2.05) is 30.3 Å². The van der Waals surface area contributed by atoms with Gasteiger partial charge in [-0.1, -0.05) is 67.2 Å². The van der Waals surface area contributed by atoms with Crippen LogP contribution in [-0.2, 0) is 9.47 Å². The van der Waals surface area contributed by atoms with Gasteiger partial charge in [-0.05, 0) is 65.0 Å². The number of hydrogen-bond acceptors (Lipinski definition) is 3. The maximum atomic E-state index is 6.13. The summed E-state index contributed by atoms with van der Waals surface area (Å²) in [4.78, 5) is 0. The fourth-order valence-corrected chi connectivity index (χ4v) is 3.26. The molecule has 174 valence electrons. The van der Waals surface area contributed by atoms with E-state index < -0.39 is 0 Å². The third-order valence-corrected chi connectivity index (χ3v) is 5.23. The van der Waals surface area contributed by atoms with Crippen molar-refractivity contribution in [2.24, 2.45) is 0 Å². The number of allylic oxidation sites excluding steroid dienone is 4. The normalized spacial score (nSPS) is 12.5. The van der Waals surface area contributed by atoms with E-state index in [1.165, 1.54) is 43.3 Å². The number of unbranched alkanes of at least 4 members (excludes halogenated alkanes) is 6. The molecule has 0 bridgehead atoms. The SMILES string of the molecule is C=CCCCCCCCCOC(OCC=C(C)CCC=C(C)C)c1ccc(OC)cc1. The first-order chi connectivity index (χ1) is 15.1. The minimum atomic E-state index is -0.347. The zero-order valence-corrected chi connectivity index (χ0v) is 20.3. The van der Waals surface area contributed by atoms with Gasteiger partial charge in [0, 0.05) is 5.56 Å². The molecule has 0 spiro atoms. The van der Waals surface area contributed by atoms with Crippen molar-refractivity contribution in [1.29, 1.82) is 0 Å². The maximum absolute atomic E-state index is 6.13. The second-order valence-electron chi connectivity index (χ2n) is 8.38. The fourth-order valence-electron chi connectivity index (χ4n) is 3.26. The summed E-state index contributed by atoms with van der Waals surface area (Å²) >= 11 is 0. The van der Waals surface area contributed by atoms with Gasteiger partial charge in [0.2, 0.25) is 0 Å². The van der Waals surface area contributed by atoms with Crippen LogP contribution in [0.25, 0.3) is 0 Å². The van der Waals surface area contributed by atoms with Crippen molar-refractivity contribution in [3.8, 4) is 5.75 Å². The third kappa shape index (κ3) is 14.0. The van der Waals surface area contributed by atoms with Crippen molar-refractivity contribution in [2.45, 2.75) is 84.8 Å². The molecule has 0 saturated heterocycles. The first-order valence-corrected chi connectivity index (χ1v) is 11.8. The van der Waals surface area contributed by atoms with E-state index in [2.05, 4.69) is 39.5 Å². The minimum Gasteiger partial charge on any atom is -0.497 e. The van der Waals surface area contributed by atoms with Gasteiger partial charge in [0.15, 0.2) is 6.29 Å². The molecule has 1 atom stereocenters. The quantitative estimate of drug-likeness (QED) is 0.134. The maximum Gasteiger partial charge on any atom is 0.184 e. The molecule has 0 amide bonds. The van der Waals surface area contributed by atoms with Crippen LogP contribution in [0.3, 0.4) is 0 Å². The Kier molecular flexibility index (Phi) is 15.6. The second kappa shape index (κ2) is 17.8. The topological polar surface area (TPSA) is 27.7 Å². The summed E-state index contributed by atoms with van der Waals surface area (Å²) in [6.45, 7) is 11.5. The van der Waals surface area contributed by atoms with Crippen molar-refractivity contribution in [3.05, 3.63) is 65.8 Å². The monoisotopic (exact) mass is 428 g/mol. The molecule has 0 saturated carbocycles. The van der Waals surface area contributed by atoms with Crippen LogP contribution in [0.1, 0.15) is 90.4 Å². The molecule has 0 fully saturated rings. The molecule has 0 aromatic heterocycles. The molecule has 3 nitrogen and oxygen atoms in total. The summed E-state index contributed by atoms with van der Waals surface area (Å²) in [6, 6.07) is 7.96. The average molecular weight is 429 g/mol. The summed E-state index contributed by atoms with van der Waals surface area (Å²) in [5, 5.41) is 0. The first kappa shape index (κ1) is 27.2. The van der Waals surface area contributed by atoms with Gasteiger partial charge in [-0.3, -0.25) is 0 Å². The Hall–Kier alpha value is -1.84. The van der Waals surface area contributed by atoms with Crippen LogP contribution in [0.4, 0.5) is 0 Å². The molecule has 0 aliphatic rings. The van der Waals surface area contributed by atoms with Crippen LogP contribution in [0.15, 0.2) is 60.2 Å². The van der Waals surface area contributed by atoms with Crippen molar-refractivity contribution >= 4 is 0 Å². The molecule has 1 aromatic carbocycles. The fraction of sp³-hybridized carbons (Fsp3) is 0.571. The van der Waals surface area contributed by atoms with Crippen LogP contribution in [0.2, 0.25) is 0 Å². The average Bonchev–Trinajstić information content (AvgIpc) is 2.76. The minimum absolute atomic E-state index is 0.347. The van der Waals surface area contributed by atoms with Gasteiger partial charge in [0.1, 0.15) is 5.75 Å². The number of benzene rings is 1. The van der Waals surface area contributed by atoms with Crippen LogP contribution >= 0.6 is 0 Å². The highest BCUT2D eigenvalue weighted by Gasteiger charge is 2.12. The molecule has 0 heterocycles. The summed E-state index contributed by atoms with van der Waals surface area (Å²) in [6.07, 6.45) is 16.8. The van der Waals surface area contributed by atoms with Crippen LogP contribution in [0.5, 0.6) is 5.75 Å². The van der Waals surface area contributed by atoms with Crippen LogP contribution in [0, 0.1) is 0 Å². The van der Waals surface area contributed by atoms with E-state index in [-0.39, 0.29) is 6.29 Å². The lowest BCUT2D eigenvalue weighted by atomic mass is 10.1. The Morgan fingerprint density at radius 2 is 1.55 bits per heavy atom. The highest BCUT2D eigenvalue weighted by Crippen LogP contribution is 2.23. The van der Waals surface area contributed by atoms with Gasteiger partial charge in [0.05, 0.1) is 20.3 Å². The second-order valence-corrected chi connectivity index (χ2v) is 8.38. The van der Waals surface area contributed by atoms with E-state index in [9.17, 15) is 0 Å². The van der Waals surface area contributed by atoms with Crippen molar-refractivity contribution in [2.75, 3.05) is 20.3 Å². The van der Waals surface area contributed by atoms with Crippen molar-refractivity contribution in [3.63, 3.8) is 0 Å². The Morgan fingerprint density at radius 3 is 2.19 bits per heavy atom. The number of ether oxygens (including phenoxy) is 3. The van der Waals surface area contributed by atoms with E-state index in [0.717, 1.165) is 37.0 Å². The summed E-state index contributed by atoms with van der Waals surface area (Å²) in [5.74, 6) is 0.842. The molecule has 3 heteroatoms. The Labute approximate surface area is 191 Å². The van der Waals surface area contributed by atoms with Gasteiger partial charge >= 0.3 is 0 Å². The highest BCUT2D eigenvalue weighted by atomic mass is 16.7. The lowest BCUT2D eigenvalue weighted by Crippen LogP contribution is -2.10. The summed E-state index contributed by atoms with van der Waals surface area (Å²) in [7, 11) is 1.68. The van der Waals surface area contributed by atoms with Gasteiger partial charge in [0.25, 0.3) is 0 Å². The highest BCUT2D eigenvalue weighted by molar-refractivity contribution is 5.27. The Morgan fingerprint density at radius 1 is 0.871 bits per heavy atom. The van der Waals surface area contributed by atoms with Crippen molar-refractivity contribution in [1.82, 2.24) is 0 Å². The lowest BCUT2D eigenvalue weighted by Gasteiger charge is -2.19. The van der Waals surface area contributed by atoms with E-state index in [0.29, 0.717) is 13.2 Å². The molecule has 1 aromatic rings. The van der Waals surface area contributed by atoms with Crippen LogP contribution < -0.4 is 4.74 Å². The lowest BCUT2D eigenvalue weighted by molar-refractivity contribution is -0.140.